The fourth-order valence-electron chi connectivity index (χ4n) is 2.04. The van der Waals surface area contributed by atoms with Crippen molar-refractivity contribution in [3.63, 3.8) is 0 Å². The van der Waals surface area contributed by atoms with E-state index in [1.54, 1.807) is 0 Å². The van der Waals surface area contributed by atoms with Crippen LogP contribution in [0.1, 0.15) is 19.4 Å². The van der Waals surface area contributed by atoms with Crippen molar-refractivity contribution >= 4 is 22.7 Å². The summed E-state index contributed by atoms with van der Waals surface area (Å²) in [5.41, 5.74) is 1.14. The van der Waals surface area contributed by atoms with Crippen LogP contribution in [0.25, 0.3) is 0 Å². The monoisotopic (exact) mass is 276 g/mol. The Labute approximate surface area is 117 Å². The van der Waals surface area contributed by atoms with E-state index in [4.69, 9.17) is 4.74 Å². The second-order valence-electron chi connectivity index (χ2n) is 4.81. The minimum Gasteiger partial charge on any atom is -0.489 e. The number of Topliss-reactive ketones (excluding diaryl/α,β-unsaturated/α-hetero) is 1. The van der Waals surface area contributed by atoms with E-state index in [-0.39, 0.29) is 17.5 Å². The molecule has 0 saturated carbocycles. The van der Waals surface area contributed by atoms with Crippen LogP contribution in [-0.4, -0.2) is 22.3 Å². The lowest BCUT2D eigenvalue weighted by molar-refractivity contribution is -0.120. The van der Waals surface area contributed by atoms with Gasteiger partial charge in [0.1, 0.15) is 12.4 Å². The van der Waals surface area contributed by atoms with Gasteiger partial charge in [-0.2, -0.15) is 0 Å². The van der Waals surface area contributed by atoms with Crippen LogP contribution < -0.4 is 0 Å². The fraction of sp³-hybridized carbons (Fsp3) is 0.333. The third-order valence-corrected chi connectivity index (χ3v) is 4.03. The number of ketones is 1. The van der Waals surface area contributed by atoms with Crippen molar-refractivity contribution in [3.8, 4) is 0 Å². The molecule has 0 saturated heterocycles. The summed E-state index contributed by atoms with van der Waals surface area (Å²) in [7, 11) is 0. The molecule has 3 nitrogen and oxygen atoms in total. The number of thioether (sulfide) groups is 1. The Morgan fingerprint density at radius 3 is 2.63 bits per heavy atom. The van der Waals surface area contributed by atoms with Crippen molar-refractivity contribution in [2.75, 3.05) is 6.61 Å². The Morgan fingerprint density at radius 2 is 2.00 bits per heavy atom. The summed E-state index contributed by atoms with van der Waals surface area (Å²) in [6.45, 7) is 3.46. The molecule has 0 radical (unpaired) electrons. The van der Waals surface area contributed by atoms with Gasteiger partial charge in [0, 0.05) is 6.08 Å². The molecule has 0 spiro atoms. The molecule has 0 aromatic heterocycles. The van der Waals surface area contributed by atoms with Crippen LogP contribution in [0.3, 0.4) is 0 Å². The number of carbonyl (C=O) groups excluding carboxylic acids is 2. The number of hydrogen-bond acceptors (Lipinski definition) is 4. The second kappa shape index (κ2) is 5.61. The van der Waals surface area contributed by atoms with Gasteiger partial charge in [-0.05, 0) is 25.8 Å². The minimum atomic E-state index is -0.423. The average Bonchev–Trinajstić information content (AvgIpc) is 2.62. The van der Waals surface area contributed by atoms with E-state index in [9.17, 15) is 9.59 Å². The summed E-state index contributed by atoms with van der Waals surface area (Å²) < 4.78 is 5.07. The van der Waals surface area contributed by atoms with E-state index in [1.807, 2.05) is 37.3 Å². The molecule has 1 aliphatic rings. The van der Waals surface area contributed by atoms with Crippen LogP contribution in [0.4, 0.5) is 0 Å². The van der Waals surface area contributed by atoms with Gasteiger partial charge < -0.3 is 4.74 Å². The van der Waals surface area contributed by atoms with E-state index in [0.29, 0.717) is 12.2 Å². The first-order valence-corrected chi connectivity index (χ1v) is 6.92. The molecule has 2 rings (SSSR count). The first kappa shape index (κ1) is 13.9. The molecular weight excluding hydrogens is 260 g/mol. The average molecular weight is 276 g/mol. The Kier molecular flexibility index (Phi) is 4.10. The fourth-order valence-corrected chi connectivity index (χ4v) is 3.11. The van der Waals surface area contributed by atoms with Gasteiger partial charge in [-0.3, -0.25) is 9.59 Å². The van der Waals surface area contributed by atoms with Crippen molar-refractivity contribution in [2.45, 2.75) is 25.0 Å². The summed E-state index contributed by atoms with van der Waals surface area (Å²) in [6.07, 6.45) is 2.20. The summed E-state index contributed by atoms with van der Waals surface area (Å²) in [5, 5.41) is -0.0167. The zero-order valence-corrected chi connectivity index (χ0v) is 11.8. The Balaban J connectivity index is 2.14. The van der Waals surface area contributed by atoms with E-state index < -0.39 is 4.75 Å². The first-order chi connectivity index (χ1) is 8.99. The van der Waals surface area contributed by atoms with E-state index in [0.717, 1.165) is 5.56 Å². The second-order valence-corrected chi connectivity index (χ2v) is 6.32. The van der Waals surface area contributed by atoms with E-state index in [1.165, 1.54) is 24.8 Å². The van der Waals surface area contributed by atoms with Crippen LogP contribution in [0.5, 0.6) is 0 Å². The number of rotatable bonds is 5. The van der Waals surface area contributed by atoms with Gasteiger partial charge in [-0.1, -0.05) is 42.1 Å². The summed E-state index contributed by atoms with van der Waals surface area (Å²) >= 11 is 1.25. The van der Waals surface area contributed by atoms with E-state index >= 15 is 0 Å². The minimum absolute atomic E-state index is 0.0167. The normalized spacial score (nSPS) is 22.2. The van der Waals surface area contributed by atoms with Crippen molar-refractivity contribution < 1.29 is 14.3 Å². The highest BCUT2D eigenvalue weighted by molar-refractivity contribution is 8.15. The molecule has 1 heterocycles. The number of hydrogen-bond donors (Lipinski definition) is 0. The molecule has 0 bridgehead atoms. The molecule has 100 valence electrons. The summed E-state index contributed by atoms with van der Waals surface area (Å²) in [4.78, 5) is 22.6. The lowest BCUT2D eigenvalue weighted by Gasteiger charge is -2.25. The van der Waals surface area contributed by atoms with Gasteiger partial charge in [-0.25, -0.2) is 0 Å². The van der Waals surface area contributed by atoms with Gasteiger partial charge >= 0.3 is 0 Å². The van der Waals surface area contributed by atoms with Crippen molar-refractivity contribution in [2.24, 2.45) is 0 Å². The molecule has 0 aliphatic carbocycles. The highest BCUT2D eigenvalue weighted by Gasteiger charge is 2.39. The number of benzene rings is 1. The summed E-state index contributed by atoms with van der Waals surface area (Å²) in [5.74, 6) is 0.550. The van der Waals surface area contributed by atoms with Gasteiger partial charge in [0.2, 0.25) is 5.12 Å². The quantitative estimate of drug-likeness (QED) is 0.829. The predicted octanol–water partition coefficient (Wildman–Crippen LogP) is 2.75. The molecule has 0 fully saturated rings. The number of carbonyl (C=O) groups is 2. The molecule has 1 atom stereocenters. The molecule has 0 amide bonds. The molecule has 1 aromatic carbocycles. The summed E-state index contributed by atoms with van der Waals surface area (Å²) in [6, 6.07) is 9.95. The lowest BCUT2D eigenvalue weighted by atomic mass is 9.98. The van der Waals surface area contributed by atoms with Crippen molar-refractivity contribution in [1.82, 2.24) is 0 Å². The van der Waals surface area contributed by atoms with Gasteiger partial charge in [0.25, 0.3) is 0 Å². The van der Waals surface area contributed by atoms with Crippen LogP contribution >= 0.6 is 11.8 Å². The predicted molar refractivity (Wildman–Crippen MR) is 75.9 cm³/mol. The third kappa shape index (κ3) is 3.47. The zero-order valence-electron chi connectivity index (χ0n) is 11.0. The topological polar surface area (TPSA) is 43.4 Å². The zero-order chi connectivity index (χ0) is 13.9. The largest absolute Gasteiger partial charge is 0.489 e. The maximum atomic E-state index is 11.6. The first-order valence-electron chi connectivity index (χ1n) is 6.11. The maximum Gasteiger partial charge on any atom is 0.216 e. The van der Waals surface area contributed by atoms with Crippen LogP contribution in [0.2, 0.25) is 0 Å². The molecule has 1 aliphatic heterocycles. The van der Waals surface area contributed by atoms with Crippen LogP contribution in [0.15, 0.2) is 42.2 Å². The molecule has 19 heavy (non-hydrogen) atoms. The van der Waals surface area contributed by atoms with Crippen LogP contribution in [-0.2, 0) is 20.7 Å². The van der Waals surface area contributed by atoms with Gasteiger partial charge in [0.05, 0.1) is 4.75 Å². The standard InChI is InChI=1S/C15H16O3S/c1-11(16)10-18-13-8-14(17)19-15(13,2)9-12-6-4-3-5-7-12/h3-8H,9-10H2,1-2H3/t15-/m1/s1. The number of ether oxygens (including phenoxy) is 1. The highest BCUT2D eigenvalue weighted by atomic mass is 32.2. The van der Waals surface area contributed by atoms with Gasteiger partial charge in [-0.15, -0.1) is 0 Å². The lowest BCUT2D eigenvalue weighted by Crippen LogP contribution is -2.26. The molecule has 1 aromatic rings. The molecule has 4 heteroatoms. The van der Waals surface area contributed by atoms with Crippen molar-refractivity contribution in [3.05, 3.63) is 47.7 Å². The Bertz CT molecular complexity index is 521. The SMILES string of the molecule is CC(=O)COC1=CC(=O)S[C@]1(C)Cc1ccccc1. The van der Waals surface area contributed by atoms with Crippen LogP contribution in [0, 0.1) is 0 Å². The Hall–Kier alpha value is -1.55. The smallest absolute Gasteiger partial charge is 0.216 e. The molecule has 0 N–H and O–H groups in total. The Morgan fingerprint density at radius 1 is 1.32 bits per heavy atom. The highest BCUT2D eigenvalue weighted by Crippen LogP contribution is 2.42. The molecule has 0 unspecified atom stereocenters. The van der Waals surface area contributed by atoms with E-state index in [2.05, 4.69) is 0 Å². The maximum absolute atomic E-state index is 11.6. The van der Waals surface area contributed by atoms with Gasteiger partial charge in [0.15, 0.2) is 5.78 Å². The molecular formula is C15H16O3S. The third-order valence-electron chi connectivity index (χ3n) is 2.91. The van der Waals surface area contributed by atoms with Crippen molar-refractivity contribution in [1.29, 1.82) is 0 Å².